The number of carbonyl (C=O) groups excluding carboxylic acids is 1. The second-order valence-electron chi connectivity index (χ2n) is 4.93. The second kappa shape index (κ2) is 6.58. The second-order valence-corrected chi connectivity index (χ2v) is 5.78. The lowest BCUT2D eigenvalue weighted by Crippen LogP contribution is -2.34. The maximum absolute atomic E-state index is 12.8. The number of aliphatic hydroxyl groups is 1. The number of hydrogen-bond acceptors (Lipinski definition) is 3. The van der Waals surface area contributed by atoms with E-state index >= 15 is 0 Å². The lowest BCUT2D eigenvalue weighted by molar-refractivity contribution is 0.0724. The number of aromatic nitrogens is 2. The number of fused-ring (bicyclic) bond motifs is 1. The van der Waals surface area contributed by atoms with Crippen molar-refractivity contribution in [2.24, 2.45) is 0 Å². The lowest BCUT2D eigenvalue weighted by atomic mass is 10.2. The fourth-order valence-electron chi connectivity index (χ4n) is 2.43. The molecule has 0 saturated heterocycles. The normalized spacial score (nSPS) is 11.1. The van der Waals surface area contributed by atoms with Crippen molar-refractivity contribution >= 4 is 27.5 Å². The Morgan fingerprint density at radius 2 is 2.19 bits per heavy atom. The SMILES string of the molecule is CCc1nc2c(Br)cc(C)cn2c1C(=O)N(CC)CCO. The van der Waals surface area contributed by atoms with E-state index in [1.165, 1.54) is 0 Å². The molecule has 114 valence electrons. The standard InChI is InChI=1S/C15H20BrN3O2/c1-4-12-13(15(21)18(5-2)6-7-20)19-9-10(3)8-11(16)14(19)17-12/h8-9,20H,4-7H2,1-3H3. The molecule has 1 amide bonds. The molecule has 2 heterocycles. The van der Waals surface area contributed by atoms with E-state index in [0.29, 0.717) is 25.2 Å². The Bertz CT molecular complexity index is 666. The highest BCUT2D eigenvalue weighted by Gasteiger charge is 2.23. The lowest BCUT2D eigenvalue weighted by Gasteiger charge is -2.20. The highest BCUT2D eigenvalue weighted by Crippen LogP contribution is 2.23. The minimum Gasteiger partial charge on any atom is -0.395 e. The molecule has 0 unspecified atom stereocenters. The third kappa shape index (κ3) is 2.96. The smallest absolute Gasteiger partial charge is 0.272 e. The Morgan fingerprint density at radius 1 is 1.48 bits per heavy atom. The van der Waals surface area contributed by atoms with Crippen LogP contribution in [0.1, 0.15) is 35.6 Å². The first-order valence-electron chi connectivity index (χ1n) is 7.10. The van der Waals surface area contributed by atoms with E-state index in [4.69, 9.17) is 5.11 Å². The number of pyridine rings is 1. The van der Waals surface area contributed by atoms with Gasteiger partial charge in [-0.3, -0.25) is 9.20 Å². The number of likely N-dealkylation sites (N-methyl/N-ethyl adjacent to an activating group) is 1. The Hall–Kier alpha value is -1.40. The summed E-state index contributed by atoms with van der Waals surface area (Å²) in [5.74, 6) is -0.0894. The van der Waals surface area contributed by atoms with E-state index in [1.54, 1.807) is 4.90 Å². The predicted octanol–water partition coefficient (Wildman–Crippen LogP) is 2.42. The van der Waals surface area contributed by atoms with Crippen molar-refractivity contribution in [2.75, 3.05) is 19.7 Å². The van der Waals surface area contributed by atoms with Crippen LogP contribution >= 0.6 is 15.9 Å². The summed E-state index contributed by atoms with van der Waals surface area (Å²) in [6.07, 6.45) is 2.61. The van der Waals surface area contributed by atoms with Gasteiger partial charge in [0, 0.05) is 19.3 Å². The molecule has 0 aliphatic carbocycles. The molecule has 21 heavy (non-hydrogen) atoms. The summed E-state index contributed by atoms with van der Waals surface area (Å²) in [5.41, 5.74) is 3.17. The minimum atomic E-state index is -0.0894. The molecule has 0 fully saturated rings. The van der Waals surface area contributed by atoms with Gasteiger partial charge in [0.2, 0.25) is 0 Å². The molecule has 0 aliphatic heterocycles. The molecule has 0 radical (unpaired) electrons. The minimum absolute atomic E-state index is 0.0412. The first-order valence-corrected chi connectivity index (χ1v) is 7.89. The summed E-state index contributed by atoms with van der Waals surface area (Å²) in [6, 6.07) is 1.99. The van der Waals surface area contributed by atoms with Gasteiger partial charge in [0.15, 0.2) is 5.65 Å². The topological polar surface area (TPSA) is 57.8 Å². The van der Waals surface area contributed by atoms with Gasteiger partial charge in [-0.15, -0.1) is 0 Å². The molecule has 1 N–H and O–H groups in total. The summed E-state index contributed by atoms with van der Waals surface area (Å²) < 4.78 is 2.72. The molecule has 0 aliphatic rings. The molecule has 2 rings (SSSR count). The molecular formula is C15H20BrN3O2. The maximum Gasteiger partial charge on any atom is 0.272 e. The van der Waals surface area contributed by atoms with Crippen molar-refractivity contribution < 1.29 is 9.90 Å². The van der Waals surface area contributed by atoms with E-state index in [1.807, 2.05) is 37.4 Å². The molecule has 2 aromatic rings. The van der Waals surface area contributed by atoms with E-state index < -0.39 is 0 Å². The molecule has 2 aromatic heterocycles. The fraction of sp³-hybridized carbons (Fsp3) is 0.467. The zero-order chi connectivity index (χ0) is 15.6. The number of carbonyl (C=O) groups is 1. The number of nitrogens with zero attached hydrogens (tertiary/aromatic N) is 3. The third-order valence-corrected chi connectivity index (χ3v) is 4.04. The Labute approximate surface area is 132 Å². The Balaban J connectivity index is 2.63. The summed E-state index contributed by atoms with van der Waals surface area (Å²) in [5, 5.41) is 9.12. The predicted molar refractivity (Wildman–Crippen MR) is 85.7 cm³/mol. The number of hydrogen-bond donors (Lipinski definition) is 1. The van der Waals surface area contributed by atoms with Crippen molar-refractivity contribution in [1.29, 1.82) is 0 Å². The highest BCUT2D eigenvalue weighted by atomic mass is 79.9. The number of amides is 1. The van der Waals surface area contributed by atoms with Gasteiger partial charge in [0.1, 0.15) is 5.69 Å². The highest BCUT2D eigenvalue weighted by molar-refractivity contribution is 9.10. The van der Waals surface area contributed by atoms with Crippen molar-refractivity contribution in [3.05, 3.63) is 33.7 Å². The summed E-state index contributed by atoms with van der Waals surface area (Å²) in [6.45, 7) is 6.72. The van der Waals surface area contributed by atoms with Crippen LogP contribution in [-0.4, -0.2) is 45.0 Å². The molecule has 6 heteroatoms. The molecule has 0 spiro atoms. The number of rotatable bonds is 5. The van der Waals surface area contributed by atoms with Crippen molar-refractivity contribution in [3.8, 4) is 0 Å². The van der Waals surface area contributed by atoms with E-state index in [0.717, 1.165) is 21.4 Å². The van der Waals surface area contributed by atoms with Gasteiger partial charge in [0.05, 0.1) is 16.8 Å². The Morgan fingerprint density at radius 3 is 2.76 bits per heavy atom. The average molecular weight is 354 g/mol. The molecule has 0 atom stereocenters. The van der Waals surface area contributed by atoms with Gasteiger partial charge >= 0.3 is 0 Å². The van der Waals surface area contributed by atoms with E-state index in [-0.39, 0.29) is 12.5 Å². The zero-order valence-corrected chi connectivity index (χ0v) is 14.1. The molecule has 0 bridgehead atoms. The van der Waals surface area contributed by atoms with Crippen LogP contribution in [-0.2, 0) is 6.42 Å². The van der Waals surface area contributed by atoms with E-state index in [2.05, 4.69) is 20.9 Å². The average Bonchev–Trinajstić information content (AvgIpc) is 2.82. The van der Waals surface area contributed by atoms with Gasteiger partial charge < -0.3 is 10.0 Å². The van der Waals surface area contributed by atoms with Gasteiger partial charge in [-0.2, -0.15) is 0 Å². The first kappa shape index (κ1) is 16.0. The summed E-state index contributed by atoms with van der Waals surface area (Å²) in [4.78, 5) is 19.0. The van der Waals surface area contributed by atoms with Crippen LogP contribution in [0.4, 0.5) is 0 Å². The molecule has 0 aromatic carbocycles. The van der Waals surface area contributed by atoms with Gasteiger partial charge in [-0.25, -0.2) is 4.98 Å². The van der Waals surface area contributed by atoms with E-state index in [9.17, 15) is 4.79 Å². The number of imidazole rings is 1. The van der Waals surface area contributed by atoms with Crippen LogP contribution in [0.5, 0.6) is 0 Å². The first-order chi connectivity index (χ1) is 10.0. The molecule has 0 saturated carbocycles. The van der Waals surface area contributed by atoms with Crippen LogP contribution in [0, 0.1) is 6.92 Å². The maximum atomic E-state index is 12.8. The van der Waals surface area contributed by atoms with Gasteiger partial charge in [-0.1, -0.05) is 6.92 Å². The Kier molecular flexibility index (Phi) is 5.00. The quantitative estimate of drug-likeness (QED) is 0.897. The number of aryl methyl sites for hydroxylation is 2. The fourth-order valence-corrected chi connectivity index (χ4v) is 3.07. The molecular weight excluding hydrogens is 334 g/mol. The van der Waals surface area contributed by atoms with Gasteiger partial charge in [-0.05, 0) is 47.8 Å². The van der Waals surface area contributed by atoms with Crippen LogP contribution in [0.25, 0.3) is 5.65 Å². The van der Waals surface area contributed by atoms with Crippen LogP contribution in [0.2, 0.25) is 0 Å². The zero-order valence-electron chi connectivity index (χ0n) is 12.6. The van der Waals surface area contributed by atoms with Crippen LogP contribution in [0.15, 0.2) is 16.7 Å². The number of aliphatic hydroxyl groups excluding tert-OH is 1. The van der Waals surface area contributed by atoms with Gasteiger partial charge in [0.25, 0.3) is 5.91 Å². The van der Waals surface area contributed by atoms with Crippen LogP contribution in [0.3, 0.4) is 0 Å². The molecule has 5 nitrogen and oxygen atoms in total. The van der Waals surface area contributed by atoms with Crippen molar-refractivity contribution in [1.82, 2.24) is 14.3 Å². The van der Waals surface area contributed by atoms with Crippen molar-refractivity contribution in [2.45, 2.75) is 27.2 Å². The summed E-state index contributed by atoms with van der Waals surface area (Å²) >= 11 is 3.51. The monoisotopic (exact) mass is 353 g/mol. The van der Waals surface area contributed by atoms with Crippen molar-refractivity contribution in [3.63, 3.8) is 0 Å². The van der Waals surface area contributed by atoms with Crippen LogP contribution < -0.4 is 0 Å². The summed E-state index contributed by atoms with van der Waals surface area (Å²) in [7, 11) is 0. The number of halogens is 1. The largest absolute Gasteiger partial charge is 0.395 e. The third-order valence-electron chi connectivity index (χ3n) is 3.46.